The maximum atomic E-state index is 10.2. The highest BCUT2D eigenvalue weighted by Crippen LogP contribution is 2.28. The second-order valence-corrected chi connectivity index (χ2v) is 5.48. The summed E-state index contributed by atoms with van der Waals surface area (Å²) in [6.45, 7) is 1.26. The number of aliphatic hydroxyl groups is 1. The van der Waals surface area contributed by atoms with Gasteiger partial charge in [0.25, 0.3) is 0 Å². The SMILES string of the molecule is [2H]c1c([2H])c(C)c([2H])c(OCC(O)CCCCc2c([2H])c([2H])c(OC)c(OC([2H])([2H])[2H])c2[2H])c1[2H]. The fraction of sp³-hybridized carbons (Fsp3) is 0.429. The van der Waals surface area contributed by atoms with E-state index in [0.717, 1.165) is 0 Å². The van der Waals surface area contributed by atoms with Gasteiger partial charge in [0.15, 0.2) is 11.5 Å². The van der Waals surface area contributed by atoms with E-state index in [2.05, 4.69) is 0 Å². The molecule has 25 heavy (non-hydrogen) atoms. The van der Waals surface area contributed by atoms with Crippen LogP contribution in [0.4, 0.5) is 0 Å². The number of hydrogen-bond donors (Lipinski definition) is 1. The summed E-state index contributed by atoms with van der Waals surface area (Å²) in [5, 5.41) is 10.2. The van der Waals surface area contributed by atoms with Crippen LogP contribution in [0.3, 0.4) is 0 Å². The average Bonchev–Trinajstić information content (AvgIpc) is 2.78. The quantitative estimate of drug-likeness (QED) is 0.651. The summed E-state index contributed by atoms with van der Waals surface area (Å²) in [6.07, 6.45) is 0.312. The van der Waals surface area contributed by atoms with Crippen molar-refractivity contribution < 1.29 is 33.0 Å². The molecule has 0 aliphatic carbocycles. The Hall–Kier alpha value is -2.20. The number of hydrogen-bond acceptors (Lipinski definition) is 4. The van der Waals surface area contributed by atoms with E-state index < -0.39 is 18.9 Å². The second kappa shape index (κ2) is 9.94. The zero-order valence-corrected chi connectivity index (χ0v) is 14.3. The van der Waals surface area contributed by atoms with Crippen LogP contribution in [0.1, 0.15) is 44.1 Å². The molecule has 0 saturated heterocycles. The molecule has 0 aromatic heterocycles. The zero-order valence-electron chi connectivity index (χ0n) is 24.3. The molecular weight excluding hydrogens is 316 g/mol. The Balaban J connectivity index is 2.02. The normalized spacial score (nSPS) is 18.0. The molecule has 0 radical (unpaired) electrons. The van der Waals surface area contributed by atoms with Crippen molar-refractivity contribution in [2.24, 2.45) is 0 Å². The molecular formula is C21H28O4. The van der Waals surface area contributed by atoms with E-state index in [-0.39, 0.29) is 84.4 Å². The fourth-order valence-electron chi connectivity index (χ4n) is 2.19. The van der Waals surface area contributed by atoms with Gasteiger partial charge in [-0.2, -0.15) is 0 Å². The number of benzene rings is 2. The van der Waals surface area contributed by atoms with Gasteiger partial charge in [0.05, 0.1) is 34.0 Å². The molecule has 2 aromatic rings. The lowest BCUT2D eigenvalue weighted by atomic mass is 10.0. The summed E-state index contributed by atoms with van der Waals surface area (Å²) in [4.78, 5) is 0. The van der Waals surface area contributed by atoms with Gasteiger partial charge < -0.3 is 19.3 Å². The second-order valence-electron chi connectivity index (χ2n) is 5.48. The van der Waals surface area contributed by atoms with Gasteiger partial charge in [0, 0.05) is 0 Å². The highest BCUT2D eigenvalue weighted by molar-refractivity contribution is 5.42. The van der Waals surface area contributed by atoms with E-state index in [9.17, 15) is 5.11 Å². The average molecular weight is 355 g/mol. The van der Waals surface area contributed by atoms with Crippen LogP contribution in [0.5, 0.6) is 17.2 Å². The number of ether oxygens (including phenoxy) is 3. The van der Waals surface area contributed by atoms with E-state index in [0.29, 0.717) is 12.8 Å². The van der Waals surface area contributed by atoms with Crippen LogP contribution in [0, 0.1) is 6.92 Å². The maximum absolute atomic E-state index is 10.2. The number of aliphatic hydroxyl groups excluding tert-OH is 1. The Morgan fingerprint density at radius 2 is 2.00 bits per heavy atom. The smallest absolute Gasteiger partial charge is 0.160 e. The molecule has 0 aliphatic heterocycles. The van der Waals surface area contributed by atoms with Gasteiger partial charge in [0.2, 0.25) is 0 Å². The lowest BCUT2D eigenvalue weighted by molar-refractivity contribution is 0.0976. The van der Waals surface area contributed by atoms with Crippen molar-refractivity contribution in [2.75, 3.05) is 20.8 Å². The summed E-state index contributed by atoms with van der Waals surface area (Å²) in [6, 6.07) is -2.11. The summed E-state index contributed by atoms with van der Waals surface area (Å²) in [5.41, 5.74) is 0.343. The Kier molecular flexibility index (Phi) is 3.77. The minimum Gasteiger partial charge on any atom is -0.493 e. The first-order valence-electron chi connectivity index (χ1n) is 12.9. The van der Waals surface area contributed by atoms with Crippen LogP contribution in [0.25, 0.3) is 0 Å². The van der Waals surface area contributed by atoms with Gasteiger partial charge >= 0.3 is 0 Å². The molecule has 0 heterocycles. The Morgan fingerprint density at radius 1 is 1.12 bits per heavy atom. The van der Waals surface area contributed by atoms with Crippen molar-refractivity contribution in [2.45, 2.75) is 38.7 Å². The molecule has 136 valence electrons. The van der Waals surface area contributed by atoms with Crippen LogP contribution in [-0.4, -0.2) is 32.0 Å². The van der Waals surface area contributed by atoms with Crippen LogP contribution in [0.2, 0.25) is 0 Å². The van der Waals surface area contributed by atoms with Crippen molar-refractivity contribution in [1.82, 2.24) is 0 Å². The standard InChI is InChI=1S/C21H28O4/c1-16-7-6-10-19(13-16)25-15-18(22)9-5-4-8-17-11-12-20(23-2)21(14-17)24-3/h6-7,10-14,18,22H,4-5,8-9,15H2,1-3H3/i3D3,6D,7D,10D,11D,12D,13D,14D. The molecule has 4 nitrogen and oxygen atoms in total. The van der Waals surface area contributed by atoms with Crippen molar-refractivity contribution >= 4 is 0 Å². The fourth-order valence-corrected chi connectivity index (χ4v) is 2.19. The molecule has 0 bridgehead atoms. The molecule has 2 rings (SSSR count). The van der Waals surface area contributed by atoms with E-state index >= 15 is 0 Å². The molecule has 4 heteroatoms. The van der Waals surface area contributed by atoms with Crippen LogP contribution in [-0.2, 0) is 6.42 Å². The number of methoxy groups -OCH3 is 2. The maximum Gasteiger partial charge on any atom is 0.160 e. The van der Waals surface area contributed by atoms with Crippen LogP contribution in [0.15, 0.2) is 42.3 Å². The molecule has 1 atom stereocenters. The summed E-state index contributed by atoms with van der Waals surface area (Å²) in [7, 11) is -1.67. The van der Waals surface area contributed by atoms with Crippen molar-refractivity contribution in [3.8, 4) is 17.2 Å². The Bertz CT molecular complexity index is 1040. The predicted molar refractivity (Wildman–Crippen MR) is 99.8 cm³/mol. The summed E-state index contributed by atoms with van der Waals surface area (Å²) in [5.74, 6) is -0.875. The van der Waals surface area contributed by atoms with Gasteiger partial charge in [-0.1, -0.05) is 24.5 Å². The van der Waals surface area contributed by atoms with E-state index in [4.69, 9.17) is 27.9 Å². The molecule has 0 saturated carbocycles. The molecule has 0 fully saturated rings. The van der Waals surface area contributed by atoms with Gasteiger partial charge in [-0.25, -0.2) is 0 Å². The summed E-state index contributed by atoms with van der Waals surface area (Å²) >= 11 is 0. The highest BCUT2D eigenvalue weighted by atomic mass is 16.5. The third kappa shape index (κ3) is 6.31. The van der Waals surface area contributed by atoms with Crippen LogP contribution < -0.4 is 14.2 Å². The largest absolute Gasteiger partial charge is 0.493 e. The van der Waals surface area contributed by atoms with Gasteiger partial charge in [-0.05, 0) is 61.5 Å². The molecule has 1 unspecified atom stereocenters. The lowest BCUT2D eigenvalue weighted by Gasteiger charge is -2.13. The van der Waals surface area contributed by atoms with Crippen molar-refractivity contribution in [3.05, 3.63) is 53.4 Å². The van der Waals surface area contributed by atoms with Crippen molar-refractivity contribution in [3.63, 3.8) is 0 Å². The number of unbranched alkanes of at least 4 members (excludes halogenated alkanes) is 1. The lowest BCUT2D eigenvalue weighted by Crippen LogP contribution is -2.17. The monoisotopic (exact) mass is 354 g/mol. The minimum absolute atomic E-state index is 0.132. The molecule has 0 aliphatic rings. The first-order chi connectivity index (χ1) is 16.2. The van der Waals surface area contributed by atoms with Crippen molar-refractivity contribution in [1.29, 1.82) is 0 Å². The third-order valence-corrected chi connectivity index (χ3v) is 3.46. The predicted octanol–water partition coefficient (Wildman–Crippen LogP) is 4.16. The third-order valence-electron chi connectivity index (χ3n) is 3.46. The Labute approximate surface area is 164 Å². The molecule has 0 amide bonds. The Morgan fingerprint density at radius 3 is 2.80 bits per heavy atom. The summed E-state index contributed by atoms with van der Waals surface area (Å²) < 4.78 is 93.1. The number of rotatable bonds is 10. The molecule has 0 spiro atoms. The topological polar surface area (TPSA) is 47.9 Å². The van der Waals surface area contributed by atoms with E-state index in [1.807, 2.05) is 0 Å². The van der Waals surface area contributed by atoms with E-state index in [1.165, 1.54) is 14.0 Å². The molecule has 2 aromatic carbocycles. The first-order valence-corrected chi connectivity index (χ1v) is 7.94. The highest BCUT2D eigenvalue weighted by Gasteiger charge is 2.07. The molecule has 1 N–H and O–H groups in total. The minimum atomic E-state index is -2.86. The first kappa shape index (κ1) is 9.48. The van der Waals surface area contributed by atoms with E-state index in [1.54, 1.807) is 0 Å². The zero-order chi connectivity index (χ0) is 26.7. The van der Waals surface area contributed by atoms with Gasteiger partial charge in [-0.3, -0.25) is 0 Å². The van der Waals surface area contributed by atoms with Gasteiger partial charge in [0.1, 0.15) is 12.4 Å². The van der Waals surface area contributed by atoms with Crippen LogP contribution >= 0.6 is 0 Å². The van der Waals surface area contributed by atoms with Gasteiger partial charge in [-0.15, -0.1) is 0 Å².